The Kier molecular flexibility index (Phi) is 5.39. The van der Waals surface area contributed by atoms with Crippen molar-refractivity contribution < 1.29 is 24.2 Å². The number of nitrogens with zero attached hydrogens (tertiary/aromatic N) is 1. The van der Waals surface area contributed by atoms with Crippen LogP contribution in [-0.2, 0) is 4.74 Å². The van der Waals surface area contributed by atoms with Gasteiger partial charge in [-0.2, -0.15) is 0 Å². The lowest BCUT2D eigenvalue weighted by atomic mass is 10.0. The molecule has 0 saturated carbocycles. The van der Waals surface area contributed by atoms with Crippen molar-refractivity contribution >= 4 is 11.9 Å². The number of carbonyl (C=O) groups is 2. The van der Waals surface area contributed by atoms with Crippen molar-refractivity contribution in [3.05, 3.63) is 89.5 Å². The highest BCUT2D eigenvalue weighted by molar-refractivity contribution is 5.94. The number of hydrogen-bond donors (Lipinski definition) is 1. The van der Waals surface area contributed by atoms with Gasteiger partial charge in [0.2, 0.25) is 0 Å². The molecule has 0 radical (unpaired) electrons. The predicted octanol–water partition coefficient (Wildman–Crippen LogP) is 4.56. The molecular weight excluding hydrogens is 382 g/mol. The van der Waals surface area contributed by atoms with Crippen molar-refractivity contribution in [2.45, 2.75) is 12.5 Å². The Balaban J connectivity index is 1.35. The molecule has 0 aromatic heterocycles. The number of cyclic esters (lactones) is 1. The topological polar surface area (TPSA) is 76.1 Å². The summed E-state index contributed by atoms with van der Waals surface area (Å²) in [6.45, 7) is 0.455. The van der Waals surface area contributed by atoms with Gasteiger partial charge in [-0.05, 0) is 54.6 Å². The van der Waals surface area contributed by atoms with E-state index in [1.807, 2.05) is 18.2 Å². The maximum Gasteiger partial charge on any atom is 0.339 e. The molecule has 1 amide bonds. The van der Waals surface area contributed by atoms with Gasteiger partial charge < -0.3 is 19.5 Å². The van der Waals surface area contributed by atoms with E-state index in [9.17, 15) is 14.7 Å². The average Bonchev–Trinajstić information content (AvgIpc) is 3.09. The first-order valence-corrected chi connectivity index (χ1v) is 9.63. The maximum absolute atomic E-state index is 12.7. The third-order valence-corrected chi connectivity index (χ3v) is 5.02. The van der Waals surface area contributed by atoms with Gasteiger partial charge in [-0.1, -0.05) is 18.2 Å². The van der Waals surface area contributed by atoms with Crippen LogP contribution in [0.2, 0.25) is 0 Å². The SMILES string of the molecule is CN(CCC1OC(=O)c2ccccc21)C(=O)c1ccc(Oc2ccc(O)cc2)cc1. The predicted molar refractivity (Wildman–Crippen MR) is 111 cm³/mol. The zero-order valence-electron chi connectivity index (χ0n) is 16.4. The van der Waals surface area contributed by atoms with E-state index in [4.69, 9.17) is 9.47 Å². The molecule has 3 aromatic rings. The summed E-state index contributed by atoms with van der Waals surface area (Å²) < 4.78 is 11.1. The number of phenolic OH excluding ortho intramolecular Hbond substituents is 1. The monoisotopic (exact) mass is 403 g/mol. The minimum absolute atomic E-state index is 0.121. The normalized spacial score (nSPS) is 14.7. The fraction of sp³-hybridized carbons (Fsp3) is 0.167. The first kappa shape index (κ1) is 19.5. The van der Waals surface area contributed by atoms with Gasteiger partial charge in [-0.3, -0.25) is 4.79 Å². The van der Waals surface area contributed by atoms with Crippen molar-refractivity contribution in [1.29, 1.82) is 0 Å². The summed E-state index contributed by atoms with van der Waals surface area (Å²) in [7, 11) is 1.73. The standard InChI is InChI=1S/C24H21NO5/c1-25(15-14-22-20-4-2-3-5-21(20)24(28)30-22)23(27)16-6-10-18(11-7-16)29-19-12-8-17(26)9-13-19/h2-13,22,26H,14-15H2,1H3. The van der Waals surface area contributed by atoms with Gasteiger partial charge >= 0.3 is 5.97 Å². The summed E-state index contributed by atoms with van der Waals surface area (Å²) in [4.78, 5) is 26.3. The van der Waals surface area contributed by atoms with Crippen LogP contribution in [0, 0.1) is 0 Å². The van der Waals surface area contributed by atoms with Crippen LogP contribution in [0.1, 0.15) is 38.8 Å². The molecule has 1 heterocycles. The van der Waals surface area contributed by atoms with Crippen LogP contribution in [0.3, 0.4) is 0 Å². The van der Waals surface area contributed by atoms with Gasteiger partial charge in [-0.25, -0.2) is 4.79 Å². The molecule has 1 aliphatic rings. The van der Waals surface area contributed by atoms with Crippen LogP contribution in [-0.4, -0.2) is 35.5 Å². The lowest BCUT2D eigenvalue weighted by Gasteiger charge is -2.19. The van der Waals surface area contributed by atoms with Gasteiger partial charge in [0.15, 0.2) is 0 Å². The lowest BCUT2D eigenvalue weighted by Crippen LogP contribution is -2.28. The molecule has 0 bridgehead atoms. The molecule has 1 N–H and O–H groups in total. The molecule has 6 heteroatoms. The number of rotatable bonds is 6. The Morgan fingerprint density at radius 3 is 2.33 bits per heavy atom. The molecule has 3 aromatic carbocycles. The highest BCUT2D eigenvalue weighted by atomic mass is 16.5. The van der Waals surface area contributed by atoms with Gasteiger partial charge in [-0.15, -0.1) is 0 Å². The third kappa shape index (κ3) is 4.12. The number of amides is 1. The smallest absolute Gasteiger partial charge is 0.339 e. The summed E-state index contributed by atoms with van der Waals surface area (Å²) in [5.41, 5.74) is 2.01. The molecule has 4 rings (SSSR count). The minimum Gasteiger partial charge on any atom is -0.508 e. The number of aromatic hydroxyl groups is 1. The second kappa shape index (κ2) is 8.29. The Morgan fingerprint density at radius 1 is 1.00 bits per heavy atom. The largest absolute Gasteiger partial charge is 0.508 e. The second-order valence-electron chi connectivity index (χ2n) is 7.12. The molecule has 30 heavy (non-hydrogen) atoms. The Hall–Kier alpha value is -3.80. The van der Waals surface area contributed by atoms with E-state index in [0.29, 0.717) is 35.6 Å². The number of phenols is 1. The molecule has 0 fully saturated rings. The summed E-state index contributed by atoms with van der Waals surface area (Å²) in [5.74, 6) is 0.921. The van der Waals surface area contributed by atoms with E-state index in [2.05, 4.69) is 0 Å². The summed E-state index contributed by atoms with van der Waals surface area (Å²) in [6.07, 6.45) is 0.206. The highest BCUT2D eigenvalue weighted by Gasteiger charge is 2.30. The number of esters is 1. The number of benzene rings is 3. The molecule has 0 spiro atoms. The number of ether oxygens (including phenoxy) is 2. The molecule has 1 atom stereocenters. The Morgan fingerprint density at radius 2 is 1.63 bits per heavy atom. The molecule has 0 saturated heterocycles. The highest BCUT2D eigenvalue weighted by Crippen LogP contribution is 2.33. The van der Waals surface area contributed by atoms with Crippen molar-refractivity contribution in [1.82, 2.24) is 4.90 Å². The first-order chi connectivity index (χ1) is 14.5. The lowest BCUT2D eigenvalue weighted by molar-refractivity contribution is 0.0349. The van der Waals surface area contributed by atoms with Crippen LogP contribution >= 0.6 is 0 Å². The van der Waals surface area contributed by atoms with E-state index < -0.39 is 0 Å². The van der Waals surface area contributed by atoms with Gasteiger partial charge in [0, 0.05) is 31.1 Å². The van der Waals surface area contributed by atoms with Crippen LogP contribution < -0.4 is 4.74 Å². The molecule has 6 nitrogen and oxygen atoms in total. The van der Waals surface area contributed by atoms with Gasteiger partial charge in [0.25, 0.3) is 5.91 Å². The summed E-state index contributed by atoms with van der Waals surface area (Å²) in [5, 5.41) is 9.32. The number of carbonyl (C=O) groups excluding carboxylic acids is 2. The fourth-order valence-corrected chi connectivity index (χ4v) is 3.38. The molecule has 0 aliphatic carbocycles. The van der Waals surface area contributed by atoms with Crippen molar-refractivity contribution in [2.24, 2.45) is 0 Å². The van der Waals surface area contributed by atoms with Crippen LogP contribution in [0.15, 0.2) is 72.8 Å². The molecular formula is C24H21NO5. The first-order valence-electron chi connectivity index (χ1n) is 9.63. The summed E-state index contributed by atoms with van der Waals surface area (Å²) in [6, 6.07) is 20.6. The molecule has 152 valence electrons. The van der Waals surface area contributed by atoms with E-state index in [0.717, 1.165) is 5.56 Å². The third-order valence-electron chi connectivity index (χ3n) is 5.02. The molecule has 1 aliphatic heterocycles. The quantitative estimate of drug-likeness (QED) is 0.611. The minimum atomic E-state index is -0.329. The van der Waals surface area contributed by atoms with Crippen molar-refractivity contribution in [3.63, 3.8) is 0 Å². The number of fused-ring (bicyclic) bond motifs is 1. The second-order valence-corrected chi connectivity index (χ2v) is 7.12. The molecule has 1 unspecified atom stereocenters. The van der Waals surface area contributed by atoms with Crippen LogP contribution in [0.5, 0.6) is 17.2 Å². The van der Waals surface area contributed by atoms with Gasteiger partial charge in [0.05, 0.1) is 5.56 Å². The number of hydrogen-bond acceptors (Lipinski definition) is 5. The van der Waals surface area contributed by atoms with E-state index in [1.54, 1.807) is 66.5 Å². The Bertz CT molecular complexity index is 1060. The van der Waals surface area contributed by atoms with Gasteiger partial charge in [0.1, 0.15) is 23.4 Å². The van der Waals surface area contributed by atoms with E-state index in [1.165, 1.54) is 0 Å². The van der Waals surface area contributed by atoms with Crippen LogP contribution in [0.4, 0.5) is 0 Å². The van der Waals surface area contributed by atoms with E-state index in [-0.39, 0.29) is 23.7 Å². The maximum atomic E-state index is 12.7. The van der Waals surface area contributed by atoms with Crippen molar-refractivity contribution in [3.8, 4) is 17.2 Å². The van der Waals surface area contributed by atoms with E-state index >= 15 is 0 Å². The van der Waals surface area contributed by atoms with Crippen LogP contribution in [0.25, 0.3) is 0 Å². The average molecular weight is 403 g/mol. The fourth-order valence-electron chi connectivity index (χ4n) is 3.38. The van der Waals surface area contributed by atoms with Crippen molar-refractivity contribution in [2.75, 3.05) is 13.6 Å². The zero-order chi connectivity index (χ0) is 21.1. The summed E-state index contributed by atoms with van der Waals surface area (Å²) >= 11 is 0. The Labute approximate surface area is 174 Å². The zero-order valence-corrected chi connectivity index (χ0v) is 16.4.